The van der Waals surface area contributed by atoms with E-state index in [1.807, 2.05) is 30.3 Å². The van der Waals surface area contributed by atoms with Gasteiger partial charge in [0.1, 0.15) is 0 Å². The summed E-state index contributed by atoms with van der Waals surface area (Å²) in [6.07, 6.45) is 12.8. The highest BCUT2D eigenvalue weighted by Crippen LogP contribution is 2.58. The molecule has 4 heteroatoms. The number of methoxy groups -OCH3 is 1. The molecule has 1 fully saturated rings. The summed E-state index contributed by atoms with van der Waals surface area (Å²) in [4.78, 5) is 24.7. The van der Waals surface area contributed by atoms with Gasteiger partial charge in [0.2, 0.25) is 0 Å². The predicted molar refractivity (Wildman–Crippen MR) is 137 cm³/mol. The van der Waals surface area contributed by atoms with Crippen molar-refractivity contribution in [2.75, 3.05) is 13.7 Å². The molecule has 4 nitrogen and oxygen atoms in total. The quantitative estimate of drug-likeness (QED) is 0.223. The third kappa shape index (κ3) is 5.82. The van der Waals surface area contributed by atoms with Crippen LogP contribution in [0.1, 0.15) is 78.2 Å². The molecule has 1 aromatic rings. The van der Waals surface area contributed by atoms with Crippen LogP contribution in [0.15, 0.2) is 48.1 Å². The van der Waals surface area contributed by atoms with E-state index in [1.165, 1.54) is 18.8 Å². The first-order chi connectivity index (χ1) is 16.2. The van der Waals surface area contributed by atoms with Crippen molar-refractivity contribution in [2.24, 2.45) is 28.6 Å². The first-order valence-corrected chi connectivity index (χ1v) is 12.9. The van der Waals surface area contributed by atoms with Gasteiger partial charge in [0.05, 0.1) is 19.1 Å². The molecule has 186 valence electrons. The monoisotopic (exact) mass is 466 g/mol. The number of ether oxygens (including phenoxy) is 2. The summed E-state index contributed by atoms with van der Waals surface area (Å²) < 4.78 is 10.7. The summed E-state index contributed by atoms with van der Waals surface area (Å²) in [7, 11) is 1.52. The molecule has 5 atom stereocenters. The van der Waals surface area contributed by atoms with Crippen LogP contribution >= 0.6 is 0 Å². The van der Waals surface area contributed by atoms with E-state index in [9.17, 15) is 9.59 Å². The van der Waals surface area contributed by atoms with Gasteiger partial charge in [-0.3, -0.25) is 4.79 Å². The Labute approximate surface area is 205 Å². The number of carbonyl (C=O) groups excluding carboxylic acids is 2. The molecule has 1 saturated carbocycles. The van der Waals surface area contributed by atoms with Gasteiger partial charge < -0.3 is 9.47 Å². The van der Waals surface area contributed by atoms with Crippen molar-refractivity contribution >= 4 is 18.0 Å². The maximum atomic E-state index is 12.7. The van der Waals surface area contributed by atoms with Gasteiger partial charge in [-0.1, -0.05) is 62.8 Å². The van der Waals surface area contributed by atoms with Crippen LogP contribution < -0.4 is 0 Å². The molecule has 2 aliphatic carbocycles. The minimum atomic E-state index is -0.409. The van der Waals surface area contributed by atoms with Gasteiger partial charge in [-0.15, -0.1) is 0 Å². The maximum Gasteiger partial charge on any atom is 0.330 e. The van der Waals surface area contributed by atoms with Crippen LogP contribution in [0.5, 0.6) is 0 Å². The number of esters is 2. The van der Waals surface area contributed by atoms with Crippen LogP contribution in [0.2, 0.25) is 0 Å². The van der Waals surface area contributed by atoms with Gasteiger partial charge >= 0.3 is 11.9 Å². The molecule has 0 unspecified atom stereocenters. The molecule has 0 amide bonds. The fourth-order valence-corrected chi connectivity index (χ4v) is 6.01. The molecule has 0 aliphatic heterocycles. The number of fused-ring (bicyclic) bond motifs is 1. The number of allylic oxidation sites excluding steroid dienone is 2. The van der Waals surface area contributed by atoms with Crippen molar-refractivity contribution in [3.8, 4) is 0 Å². The summed E-state index contributed by atoms with van der Waals surface area (Å²) in [6.45, 7) is 9.56. The second kappa shape index (κ2) is 11.4. The van der Waals surface area contributed by atoms with E-state index in [0.29, 0.717) is 18.4 Å². The van der Waals surface area contributed by atoms with Crippen molar-refractivity contribution in [1.29, 1.82) is 0 Å². The first kappa shape index (κ1) is 26.2. The normalized spacial score (nSPS) is 29.7. The zero-order valence-electron chi connectivity index (χ0n) is 21.6. The fourth-order valence-electron chi connectivity index (χ4n) is 6.01. The lowest BCUT2D eigenvalue weighted by atomic mass is 9.51. The Kier molecular flexibility index (Phi) is 8.78. The molecule has 0 heterocycles. The number of benzene rings is 1. The Hall–Kier alpha value is -2.36. The number of hydrogen-bond donors (Lipinski definition) is 0. The van der Waals surface area contributed by atoms with Gasteiger partial charge in [0.25, 0.3) is 0 Å². The van der Waals surface area contributed by atoms with Crippen LogP contribution in [0, 0.1) is 28.6 Å². The average Bonchev–Trinajstić information content (AvgIpc) is 2.84. The molecule has 0 saturated heterocycles. The third-order valence-electron chi connectivity index (χ3n) is 8.68. The standard InChI is InChI=1S/C30H42O4/c1-22(18-21-34-27(31)16-14-24-10-7-6-8-11-24)17-20-29(3)23(2)13-15-26-25(29)12-9-19-30(26,4)28(32)33-5/h6-8,10-12,14,16,22-23,26H,9,13,15,17-21H2,1-5H3/t22-,23-,26+,29+,30+/m1/s1. The molecular weight excluding hydrogens is 424 g/mol. The molecule has 0 bridgehead atoms. The van der Waals surface area contributed by atoms with Crippen molar-refractivity contribution in [1.82, 2.24) is 0 Å². The minimum absolute atomic E-state index is 0.0588. The molecule has 2 aliphatic rings. The highest BCUT2D eigenvalue weighted by molar-refractivity contribution is 5.87. The van der Waals surface area contributed by atoms with Crippen molar-refractivity contribution < 1.29 is 19.1 Å². The number of carbonyl (C=O) groups is 2. The van der Waals surface area contributed by atoms with E-state index < -0.39 is 5.41 Å². The summed E-state index contributed by atoms with van der Waals surface area (Å²) in [6, 6.07) is 9.76. The van der Waals surface area contributed by atoms with Crippen molar-refractivity contribution in [3.63, 3.8) is 0 Å². The van der Waals surface area contributed by atoms with E-state index in [-0.39, 0.29) is 23.3 Å². The predicted octanol–water partition coefficient (Wildman–Crippen LogP) is 7.00. The van der Waals surface area contributed by atoms with Crippen LogP contribution in [-0.4, -0.2) is 25.7 Å². The Morgan fingerprint density at radius 1 is 1.15 bits per heavy atom. The molecule has 34 heavy (non-hydrogen) atoms. The molecule has 0 radical (unpaired) electrons. The summed E-state index contributed by atoms with van der Waals surface area (Å²) >= 11 is 0. The number of hydrogen-bond acceptors (Lipinski definition) is 4. The van der Waals surface area contributed by atoms with Gasteiger partial charge in [-0.25, -0.2) is 4.79 Å². The highest BCUT2D eigenvalue weighted by Gasteiger charge is 2.52. The van der Waals surface area contributed by atoms with E-state index in [4.69, 9.17) is 9.47 Å². The zero-order valence-corrected chi connectivity index (χ0v) is 21.6. The lowest BCUT2D eigenvalue weighted by Gasteiger charge is -2.53. The summed E-state index contributed by atoms with van der Waals surface area (Å²) in [5.41, 5.74) is 2.16. The van der Waals surface area contributed by atoms with Crippen molar-refractivity contribution in [2.45, 2.75) is 72.6 Å². The Balaban J connectivity index is 1.53. The molecule has 3 rings (SSSR count). The van der Waals surface area contributed by atoms with Gasteiger partial charge in [0.15, 0.2) is 0 Å². The van der Waals surface area contributed by atoms with Crippen LogP contribution in [0.4, 0.5) is 0 Å². The van der Waals surface area contributed by atoms with E-state index in [0.717, 1.165) is 50.5 Å². The Bertz CT molecular complexity index is 902. The number of rotatable bonds is 9. The highest BCUT2D eigenvalue weighted by atomic mass is 16.5. The molecule has 0 N–H and O–H groups in total. The maximum absolute atomic E-state index is 12.7. The van der Waals surface area contributed by atoms with E-state index in [2.05, 4.69) is 33.8 Å². The lowest BCUT2D eigenvalue weighted by molar-refractivity contribution is -0.156. The average molecular weight is 467 g/mol. The Morgan fingerprint density at radius 3 is 2.59 bits per heavy atom. The van der Waals surface area contributed by atoms with Gasteiger partial charge in [-0.2, -0.15) is 0 Å². The van der Waals surface area contributed by atoms with Gasteiger partial charge in [0, 0.05) is 6.08 Å². The lowest BCUT2D eigenvalue weighted by Crippen LogP contribution is -2.47. The zero-order chi connectivity index (χ0) is 24.8. The summed E-state index contributed by atoms with van der Waals surface area (Å²) in [5.74, 6) is 0.981. The molecular formula is C30H42O4. The first-order valence-electron chi connectivity index (χ1n) is 12.9. The van der Waals surface area contributed by atoms with E-state index >= 15 is 0 Å². The van der Waals surface area contributed by atoms with Crippen LogP contribution in [0.25, 0.3) is 6.08 Å². The molecule has 0 spiro atoms. The second-order valence-electron chi connectivity index (χ2n) is 10.9. The third-order valence-corrected chi connectivity index (χ3v) is 8.68. The molecule has 1 aromatic carbocycles. The molecule has 0 aromatic heterocycles. The Morgan fingerprint density at radius 2 is 1.88 bits per heavy atom. The van der Waals surface area contributed by atoms with E-state index in [1.54, 1.807) is 6.08 Å². The minimum Gasteiger partial charge on any atom is -0.469 e. The SMILES string of the molecule is COC(=O)[C@@]1(C)CCC=C2[C@@H]1CC[C@@H](C)[C@]2(C)CC[C@@H](C)CCOC(=O)C=Cc1ccccc1. The van der Waals surface area contributed by atoms with Crippen molar-refractivity contribution in [3.05, 3.63) is 53.6 Å². The fraction of sp³-hybridized carbons (Fsp3) is 0.600. The smallest absolute Gasteiger partial charge is 0.330 e. The topological polar surface area (TPSA) is 52.6 Å². The van der Waals surface area contributed by atoms with Crippen LogP contribution in [-0.2, 0) is 19.1 Å². The van der Waals surface area contributed by atoms with Crippen LogP contribution in [0.3, 0.4) is 0 Å². The summed E-state index contributed by atoms with van der Waals surface area (Å²) in [5, 5.41) is 0. The largest absolute Gasteiger partial charge is 0.469 e. The van der Waals surface area contributed by atoms with Gasteiger partial charge in [-0.05, 0) is 86.7 Å². The second-order valence-corrected chi connectivity index (χ2v) is 10.9.